The van der Waals surface area contributed by atoms with E-state index in [9.17, 15) is 4.79 Å². The fourth-order valence-electron chi connectivity index (χ4n) is 0.509. The Labute approximate surface area is 68.9 Å². The third-order valence-corrected chi connectivity index (χ3v) is 3.77. The van der Waals surface area contributed by atoms with Gasteiger partial charge in [-0.15, -0.1) is 6.89 Å². The second-order valence-electron chi connectivity index (χ2n) is 3.32. The minimum Gasteiger partial charge on any atom is -0.463 e. The minimum absolute atomic E-state index is 0.131. The van der Waals surface area contributed by atoms with Gasteiger partial charge in [0.05, 0.1) is 6.61 Å². The monoisotopic (exact) mass is 176 g/mol. The molecule has 0 spiro atoms. The van der Waals surface area contributed by atoms with Crippen LogP contribution in [0.4, 0.5) is 0 Å². The Bertz CT molecular complexity index is 192. The van der Waals surface area contributed by atoms with Crippen LogP contribution < -0.4 is 0 Å². The van der Waals surface area contributed by atoms with Gasteiger partial charge in [-0.3, -0.25) is 0 Å². The van der Waals surface area contributed by atoms with Gasteiger partial charge < -0.3 is 4.74 Å². The molecule has 0 aliphatic rings. The van der Waals surface area contributed by atoms with Crippen molar-refractivity contribution in [2.24, 2.45) is 0 Å². The lowest BCUT2D eigenvalue weighted by atomic mass is 10.5. The maximum Gasteiger partial charge on any atom is 0.333 e. The van der Waals surface area contributed by atoms with Gasteiger partial charge in [0.25, 0.3) is 0 Å². The highest BCUT2D eigenvalue weighted by Crippen LogP contribution is 2.35. The van der Waals surface area contributed by atoms with Crippen molar-refractivity contribution in [1.82, 2.24) is 0 Å². The Morgan fingerprint density at radius 2 is 1.82 bits per heavy atom. The molecule has 0 aromatic carbocycles. The van der Waals surface area contributed by atoms with Crippen molar-refractivity contribution in [2.45, 2.75) is 13.8 Å². The summed E-state index contributed by atoms with van der Waals surface area (Å²) >= 11 is 0. The number of carbonyl (C=O) groups is 1. The Morgan fingerprint density at radius 3 is 2.09 bits per heavy atom. The molecular formula is C8H17O2P. The lowest BCUT2D eigenvalue weighted by Crippen LogP contribution is -2.15. The quantitative estimate of drug-likeness (QED) is 0.472. The molecule has 66 valence electrons. The zero-order chi connectivity index (χ0) is 9.07. The predicted molar refractivity (Wildman–Crippen MR) is 52.0 cm³/mol. The SMILES string of the molecule is CCOC(=O)C(C)=P(C)(C)C. The van der Waals surface area contributed by atoms with Crippen LogP contribution in [0.1, 0.15) is 13.8 Å². The molecule has 0 aromatic rings. The Balaban J connectivity index is 4.50. The van der Waals surface area contributed by atoms with E-state index >= 15 is 0 Å². The largest absolute Gasteiger partial charge is 0.463 e. The second kappa shape index (κ2) is 3.96. The molecular weight excluding hydrogens is 159 g/mol. The number of carbonyl (C=O) groups excluding carboxylic acids is 1. The van der Waals surface area contributed by atoms with Crippen molar-refractivity contribution < 1.29 is 9.53 Å². The van der Waals surface area contributed by atoms with Gasteiger partial charge in [0.15, 0.2) is 0 Å². The van der Waals surface area contributed by atoms with Crippen molar-refractivity contribution in [3.63, 3.8) is 0 Å². The molecule has 0 rings (SSSR count). The highest BCUT2D eigenvalue weighted by atomic mass is 31.2. The highest BCUT2D eigenvalue weighted by Gasteiger charge is 2.10. The predicted octanol–water partition coefficient (Wildman–Crippen LogP) is 1.65. The summed E-state index contributed by atoms with van der Waals surface area (Å²) < 4.78 is 4.88. The molecule has 0 unspecified atom stereocenters. The first-order chi connectivity index (χ1) is 4.89. The fraction of sp³-hybridized carbons (Fsp3) is 0.750. The van der Waals surface area contributed by atoms with Gasteiger partial charge in [-0.25, -0.2) is 4.79 Å². The highest BCUT2D eigenvalue weighted by molar-refractivity contribution is 7.75. The molecule has 0 atom stereocenters. The van der Waals surface area contributed by atoms with Crippen LogP contribution in [0, 0.1) is 0 Å². The van der Waals surface area contributed by atoms with E-state index < -0.39 is 6.89 Å². The van der Waals surface area contributed by atoms with E-state index in [-0.39, 0.29) is 5.97 Å². The summed E-state index contributed by atoms with van der Waals surface area (Å²) in [4.78, 5) is 11.2. The molecule has 3 heteroatoms. The van der Waals surface area contributed by atoms with Crippen molar-refractivity contribution in [3.05, 3.63) is 0 Å². The normalized spacial score (nSPS) is 11.0. The van der Waals surface area contributed by atoms with Crippen molar-refractivity contribution >= 4 is 18.1 Å². The standard InChI is InChI=1S/C8H17O2P/c1-6-10-8(9)7(2)11(3,4)5/h6H2,1-5H3. The molecule has 2 nitrogen and oxygen atoms in total. The van der Waals surface area contributed by atoms with Gasteiger partial charge in [0, 0.05) is 5.29 Å². The Kier molecular flexibility index (Phi) is 3.88. The van der Waals surface area contributed by atoms with E-state index in [0.29, 0.717) is 6.61 Å². The molecule has 11 heavy (non-hydrogen) atoms. The number of ether oxygens (including phenoxy) is 1. The number of hydrogen-bond donors (Lipinski definition) is 0. The van der Waals surface area contributed by atoms with E-state index in [1.165, 1.54) is 0 Å². The van der Waals surface area contributed by atoms with Gasteiger partial charge in [0.1, 0.15) is 0 Å². The Morgan fingerprint density at radius 1 is 1.36 bits per heavy atom. The maximum absolute atomic E-state index is 11.2. The van der Waals surface area contributed by atoms with Gasteiger partial charge in [0.2, 0.25) is 0 Å². The van der Waals surface area contributed by atoms with Gasteiger partial charge in [-0.1, -0.05) is 0 Å². The lowest BCUT2D eigenvalue weighted by Gasteiger charge is -2.12. The molecule has 0 amide bonds. The number of hydrogen-bond acceptors (Lipinski definition) is 2. The lowest BCUT2D eigenvalue weighted by molar-refractivity contribution is -0.134. The molecule has 0 fully saturated rings. The zero-order valence-electron chi connectivity index (χ0n) is 7.97. The summed E-state index contributed by atoms with van der Waals surface area (Å²) in [6.45, 7) is 9.34. The van der Waals surface area contributed by atoms with E-state index in [2.05, 4.69) is 20.0 Å². The van der Waals surface area contributed by atoms with Crippen LogP contribution in [-0.4, -0.2) is 37.9 Å². The van der Waals surface area contributed by atoms with Gasteiger partial charge in [-0.05, 0) is 33.8 Å². The molecule has 0 saturated heterocycles. The van der Waals surface area contributed by atoms with Gasteiger partial charge >= 0.3 is 5.97 Å². The van der Waals surface area contributed by atoms with Crippen LogP contribution in [0.15, 0.2) is 0 Å². The summed E-state index contributed by atoms with van der Waals surface area (Å²) in [6, 6.07) is 0. The van der Waals surface area contributed by atoms with Crippen LogP contribution >= 0.6 is 6.89 Å². The molecule has 0 bridgehead atoms. The van der Waals surface area contributed by atoms with Crippen LogP contribution in [0.25, 0.3) is 0 Å². The van der Waals surface area contributed by atoms with Crippen molar-refractivity contribution in [1.29, 1.82) is 0 Å². The van der Waals surface area contributed by atoms with Crippen LogP contribution in [0.2, 0.25) is 0 Å². The zero-order valence-corrected chi connectivity index (χ0v) is 8.87. The van der Waals surface area contributed by atoms with E-state index in [0.717, 1.165) is 5.29 Å². The van der Waals surface area contributed by atoms with Crippen LogP contribution in [-0.2, 0) is 9.53 Å². The van der Waals surface area contributed by atoms with E-state index in [1.807, 2.05) is 13.8 Å². The first kappa shape index (κ1) is 10.8. The minimum atomic E-state index is -1.15. The van der Waals surface area contributed by atoms with E-state index in [4.69, 9.17) is 4.74 Å². The van der Waals surface area contributed by atoms with Crippen molar-refractivity contribution in [2.75, 3.05) is 26.6 Å². The summed E-state index contributed by atoms with van der Waals surface area (Å²) in [5.41, 5.74) is 0. The van der Waals surface area contributed by atoms with Crippen molar-refractivity contribution in [3.8, 4) is 0 Å². The van der Waals surface area contributed by atoms with Gasteiger partial charge in [-0.2, -0.15) is 0 Å². The molecule has 0 heterocycles. The average Bonchev–Trinajstić information content (AvgIpc) is 1.85. The fourth-order valence-corrected chi connectivity index (χ4v) is 1.12. The van der Waals surface area contributed by atoms with Crippen LogP contribution in [0.3, 0.4) is 0 Å². The molecule has 0 aliphatic heterocycles. The summed E-state index contributed by atoms with van der Waals surface area (Å²) in [7, 11) is 0. The van der Waals surface area contributed by atoms with E-state index in [1.54, 1.807) is 0 Å². The third kappa shape index (κ3) is 3.62. The first-order valence-electron chi connectivity index (χ1n) is 3.72. The third-order valence-electron chi connectivity index (χ3n) is 1.58. The number of rotatable bonds is 2. The second-order valence-corrected chi connectivity index (χ2v) is 8.01. The molecule has 0 N–H and O–H groups in total. The summed E-state index contributed by atoms with van der Waals surface area (Å²) in [5, 5.41) is 0.888. The maximum atomic E-state index is 11.2. The van der Waals surface area contributed by atoms with Crippen LogP contribution in [0.5, 0.6) is 0 Å². The number of esters is 1. The Hall–Kier alpha value is -0.230. The first-order valence-corrected chi connectivity index (χ1v) is 6.85. The molecule has 0 saturated carbocycles. The summed E-state index contributed by atoms with van der Waals surface area (Å²) in [6.07, 6.45) is 0. The topological polar surface area (TPSA) is 26.3 Å². The summed E-state index contributed by atoms with van der Waals surface area (Å²) in [5.74, 6) is -0.131. The average molecular weight is 176 g/mol. The molecule has 0 aliphatic carbocycles. The molecule has 0 aromatic heterocycles. The smallest absolute Gasteiger partial charge is 0.333 e. The molecule has 0 radical (unpaired) electrons.